The summed E-state index contributed by atoms with van der Waals surface area (Å²) in [5.41, 5.74) is 0.199. The zero-order valence-electron chi connectivity index (χ0n) is 15.9. The topological polar surface area (TPSA) is 107 Å². The van der Waals surface area contributed by atoms with Crippen molar-refractivity contribution >= 4 is 29.2 Å². The van der Waals surface area contributed by atoms with Crippen LogP contribution < -0.4 is 9.64 Å². The van der Waals surface area contributed by atoms with Gasteiger partial charge >= 0.3 is 5.97 Å². The molecule has 1 saturated heterocycles. The van der Waals surface area contributed by atoms with Crippen molar-refractivity contribution in [2.75, 3.05) is 4.90 Å². The summed E-state index contributed by atoms with van der Waals surface area (Å²) in [7, 11) is 0. The van der Waals surface area contributed by atoms with Crippen molar-refractivity contribution in [2.24, 2.45) is 23.7 Å². The molecule has 2 bridgehead atoms. The summed E-state index contributed by atoms with van der Waals surface area (Å²) in [5.74, 6) is -0.819. The molecule has 1 aliphatic heterocycles. The van der Waals surface area contributed by atoms with Gasteiger partial charge in [-0.25, -0.2) is 9.69 Å². The quantitative estimate of drug-likeness (QED) is 0.253. The molecule has 30 heavy (non-hydrogen) atoms. The number of nitro benzene ring substituents is 1. The summed E-state index contributed by atoms with van der Waals surface area (Å²) in [4.78, 5) is 49.9. The Morgan fingerprint density at radius 1 is 1.00 bits per heavy atom. The fraction of sp³-hybridized carbons (Fsp3) is 0.318. The summed E-state index contributed by atoms with van der Waals surface area (Å²) < 4.78 is 5.34. The molecule has 0 spiro atoms. The Labute approximate surface area is 171 Å². The number of hydrogen-bond donors (Lipinski definition) is 0. The molecule has 1 heterocycles. The number of fused-ring (bicyclic) bond motifs is 5. The minimum absolute atomic E-state index is 0.0361. The third-order valence-electron chi connectivity index (χ3n) is 6.51. The minimum atomic E-state index is -0.759. The van der Waals surface area contributed by atoms with E-state index in [0.717, 1.165) is 25.3 Å². The van der Waals surface area contributed by atoms with Gasteiger partial charge in [-0.3, -0.25) is 19.7 Å². The minimum Gasteiger partial charge on any atom is -0.423 e. The standard InChI is InChI=1S/C22H18N2O6/c25-20-18-12-7-8-13(9-12)19(18)21(26)23(20)15-4-2-6-17(11-15)30-22(27)14-3-1-5-16(10-14)24(28)29/h1-6,10-13,18-19H,7-9H2/t12-,13+,18+,19-. The van der Waals surface area contributed by atoms with Gasteiger partial charge in [0.05, 0.1) is 28.0 Å². The Morgan fingerprint density at radius 2 is 1.67 bits per heavy atom. The lowest BCUT2D eigenvalue weighted by atomic mass is 9.81. The monoisotopic (exact) mass is 406 g/mol. The van der Waals surface area contributed by atoms with Gasteiger partial charge in [-0.15, -0.1) is 0 Å². The van der Waals surface area contributed by atoms with Crippen LogP contribution in [0.5, 0.6) is 5.75 Å². The van der Waals surface area contributed by atoms with Gasteiger partial charge in [-0.1, -0.05) is 12.1 Å². The number of non-ortho nitro benzene ring substituents is 1. The van der Waals surface area contributed by atoms with Crippen molar-refractivity contribution in [2.45, 2.75) is 19.3 Å². The zero-order chi connectivity index (χ0) is 21.0. The number of carbonyl (C=O) groups is 3. The van der Waals surface area contributed by atoms with Crippen LogP contribution in [0.1, 0.15) is 29.6 Å². The number of amides is 2. The van der Waals surface area contributed by atoms with E-state index in [9.17, 15) is 24.5 Å². The fourth-order valence-corrected chi connectivity index (χ4v) is 5.26. The summed E-state index contributed by atoms with van der Waals surface area (Å²) in [6.45, 7) is 0. The highest BCUT2D eigenvalue weighted by atomic mass is 16.6. The molecule has 2 saturated carbocycles. The van der Waals surface area contributed by atoms with E-state index in [4.69, 9.17) is 4.74 Å². The molecule has 0 radical (unpaired) electrons. The van der Waals surface area contributed by atoms with Crippen molar-refractivity contribution < 1.29 is 24.0 Å². The van der Waals surface area contributed by atoms with Crippen LogP contribution in [-0.4, -0.2) is 22.7 Å². The second-order valence-corrected chi connectivity index (χ2v) is 8.09. The van der Waals surface area contributed by atoms with Gasteiger partial charge in [0, 0.05) is 18.2 Å². The predicted octanol–water partition coefficient (Wildman–Crippen LogP) is 3.35. The maximum Gasteiger partial charge on any atom is 0.343 e. The van der Waals surface area contributed by atoms with E-state index in [2.05, 4.69) is 0 Å². The molecule has 2 aromatic rings. The van der Waals surface area contributed by atoms with Crippen LogP contribution in [0.3, 0.4) is 0 Å². The summed E-state index contributed by atoms with van der Waals surface area (Å²) in [6.07, 6.45) is 2.96. The van der Waals surface area contributed by atoms with E-state index in [1.165, 1.54) is 35.2 Å². The van der Waals surface area contributed by atoms with Gasteiger partial charge in [-0.05, 0) is 49.3 Å². The maximum atomic E-state index is 13.0. The van der Waals surface area contributed by atoms with E-state index < -0.39 is 10.9 Å². The fourth-order valence-electron chi connectivity index (χ4n) is 5.26. The first-order valence-corrected chi connectivity index (χ1v) is 9.88. The largest absolute Gasteiger partial charge is 0.423 e. The van der Waals surface area contributed by atoms with Gasteiger partial charge in [0.25, 0.3) is 5.69 Å². The van der Waals surface area contributed by atoms with Crippen LogP contribution in [0.25, 0.3) is 0 Å². The van der Waals surface area contributed by atoms with Crippen molar-refractivity contribution in [3.63, 3.8) is 0 Å². The van der Waals surface area contributed by atoms with E-state index in [0.29, 0.717) is 5.69 Å². The molecule has 0 N–H and O–H groups in total. The number of imide groups is 1. The Balaban J connectivity index is 1.38. The average molecular weight is 406 g/mol. The SMILES string of the molecule is O=C(Oc1cccc(N2C(=O)[C@@H]3[C@H]4CC[C@H](C4)[C@@H]3C2=O)c1)c1cccc([N+](=O)[O-])c1. The molecule has 2 aromatic carbocycles. The number of anilines is 1. The first-order chi connectivity index (χ1) is 14.4. The van der Waals surface area contributed by atoms with Crippen LogP contribution in [-0.2, 0) is 9.59 Å². The summed E-state index contributed by atoms with van der Waals surface area (Å²) in [6, 6.07) is 11.5. The molecular formula is C22H18N2O6. The first-order valence-electron chi connectivity index (χ1n) is 9.88. The number of hydrogen-bond acceptors (Lipinski definition) is 6. The van der Waals surface area contributed by atoms with Crippen LogP contribution in [0, 0.1) is 33.8 Å². The molecule has 8 nitrogen and oxygen atoms in total. The smallest absolute Gasteiger partial charge is 0.343 e. The summed E-state index contributed by atoms with van der Waals surface area (Å²) in [5, 5.41) is 10.9. The number of carbonyl (C=O) groups excluding carboxylic acids is 3. The Bertz CT molecular complexity index is 1070. The molecule has 0 unspecified atom stereocenters. The molecule has 2 amide bonds. The number of rotatable bonds is 4. The second kappa shape index (κ2) is 6.76. The molecule has 152 valence electrons. The first kappa shape index (κ1) is 18.5. The highest BCUT2D eigenvalue weighted by Crippen LogP contribution is 2.56. The van der Waals surface area contributed by atoms with Crippen LogP contribution in [0.4, 0.5) is 11.4 Å². The van der Waals surface area contributed by atoms with Gasteiger partial charge in [0.2, 0.25) is 11.8 Å². The normalized spacial score (nSPS) is 26.7. The van der Waals surface area contributed by atoms with Crippen LogP contribution >= 0.6 is 0 Å². The van der Waals surface area contributed by atoms with Crippen molar-refractivity contribution in [3.05, 3.63) is 64.2 Å². The van der Waals surface area contributed by atoms with Gasteiger partial charge in [0.15, 0.2) is 0 Å². The second-order valence-electron chi connectivity index (χ2n) is 8.09. The maximum absolute atomic E-state index is 13.0. The third-order valence-corrected chi connectivity index (χ3v) is 6.51. The molecule has 3 fully saturated rings. The van der Waals surface area contributed by atoms with Crippen molar-refractivity contribution in [1.82, 2.24) is 0 Å². The molecule has 5 rings (SSSR count). The Morgan fingerprint density at radius 3 is 2.33 bits per heavy atom. The lowest BCUT2D eigenvalue weighted by Crippen LogP contribution is -2.32. The molecule has 8 heteroatoms. The number of benzene rings is 2. The number of ether oxygens (including phenoxy) is 1. The zero-order valence-corrected chi connectivity index (χ0v) is 15.9. The number of nitro groups is 1. The Hall–Kier alpha value is -3.55. The van der Waals surface area contributed by atoms with Crippen LogP contribution in [0.2, 0.25) is 0 Å². The number of esters is 1. The number of nitrogens with zero attached hydrogens (tertiary/aromatic N) is 2. The Kier molecular flexibility index (Phi) is 4.16. The molecule has 4 atom stereocenters. The van der Waals surface area contributed by atoms with Gasteiger partial charge < -0.3 is 4.74 Å². The van der Waals surface area contributed by atoms with E-state index in [1.807, 2.05) is 0 Å². The van der Waals surface area contributed by atoms with E-state index in [-0.39, 0.29) is 52.5 Å². The van der Waals surface area contributed by atoms with Gasteiger partial charge in [0.1, 0.15) is 5.75 Å². The average Bonchev–Trinajstić information content (AvgIpc) is 3.42. The summed E-state index contributed by atoms with van der Waals surface area (Å²) >= 11 is 0. The predicted molar refractivity (Wildman–Crippen MR) is 105 cm³/mol. The van der Waals surface area contributed by atoms with E-state index in [1.54, 1.807) is 12.1 Å². The highest BCUT2D eigenvalue weighted by Gasteiger charge is 2.61. The molecule has 2 aliphatic carbocycles. The van der Waals surface area contributed by atoms with Crippen molar-refractivity contribution in [1.29, 1.82) is 0 Å². The molecular weight excluding hydrogens is 388 g/mol. The van der Waals surface area contributed by atoms with Crippen molar-refractivity contribution in [3.8, 4) is 5.75 Å². The molecule has 3 aliphatic rings. The third kappa shape index (κ3) is 2.79. The van der Waals surface area contributed by atoms with Gasteiger partial charge in [-0.2, -0.15) is 0 Å². The van der Waals surface area contributed by atoms with Crippen LogP contribution in [0.15, 0.2) is 48.5 Å². The lowest BCUT2D eigenvalue weighted by molar-refractivity contribution is -0.384. The molecule has 0 aromatic heterocycles. The van der Waals surface area contributed by atoms with E-state index >= 15 is 0 Å². The highest BCUT2D eigenvalue weighted by molar-refractivity contribution is 6.22. The lowest BCUT2D eigenvalue weighted by Gasteiger charge is -2.19.